The Kier molecular flexibility index (Phi) is 5.71. The van der Waals surface area contributed by atoms with Crippen LogP contribution >= 0.6 is 0 Å². The van der Waals surface area contributed by atoms with Gasteiger partial charge in [-0.2, -0.15) is 0 Å². The van der Waals surface area contributed by atoms with E-state index >= 15 is 0 Å². The van der Waals surface area contributed by atoms with Crippen LogP contribution in [0.3, 0.4) is 0 Å². The quantitative estimate of drug-likeness (QED) is 0.295. The van der Waals surface area contributed by atoms with Crippen LogP contribution < -0.4 is 5.32 Å². The lowest BCUT2D eigenvalue weighted by Crippen LogP contribution is -2.44. The van der Waals surface area contributed by atoms with Gasteiger partial charge >= 0.3 is 11.9 Å². The lowest BCUT2D eigenvalue weighted by atomic mass is 9.92. The number of nitrogens with one attached hydrogen (secondary N) is 1. The van der Waals surface area contributed by atoms with Gasteiger partial charge in [-0.05, 0) is 20.3 Å². The van der Waals surface area contributed by atoms with E-state index < -0.39 is 29.6 Å². The molecule has 1 N–H and O–H groups in total. The zero-order chi connectivity index (χ0) is 13.6. The normalized spacial score (nSPS) is 12.5. The Morgan fingerprint density at radius 2 is 1.82 bits per heavy atom. The van der Waals surface area contributed by atoms with Crippen LogP contribution in [-0.2, 0) is 23.9 Å². The third-order valence-corrected chi connectivity index (χ3v) is 2.02. The van der Waals surface area contributed by atoms with E-state index in [0.29, 0.717) is 6.44 Å². The van der Waals surface area contributed by atoms with Crippen LogP contribution in [-0.4, -0.2) is 38.4 Å². The topological polar surface area (TPSA) is 81.7 Å². The number of hydrogen-bond donors (Lipinski definition) is 1. The van der Waals surface area contributed by atoms with E-state index in [9.17, 15) is 14.4 Å². The highest BCUT2D eigenvalue weighted by atomic mass is 16.7. The fourth-order valence-corrected chi connectivity index (χ4v) is 1.03. The first-order chi connectivity index (χ1) is 7.71. The molecule has 17 heavy (non-hydrogen) atoms. The van der Waals surface area contributed by atoms with Gasteiger partial charge in [0, 0.05) is 13.8 Å². The molecule has 1 amide bonds. The first kappa shape index (κ1) is 15.5. The molecule has 0 spiro atoms. The average Bonchev–Trinajstić information content (AvgIpc) is 2.16. The zero-order valence-electron chi connectivity index (χ0n) is 10.8. The molecule has 0 aliphatic rings. The predicted molar refractivity (Wildman–Crippen MR) is 62.7 cm³/mol. The summed E-state index contributed by atoms with van der Waals surface area (Å²) in [5.74, 6) is -1.72. The second kappa shape index (κ2) is 6.27. The van der Waals surface area contributed by atoms with Crippen molar-refractivity contribution in [2.24, 2.45) is 5.41 Å². The molecular weight excluding hydrogens is 225 g/mol. The Bertz CT molecular complexity index is 316. The predicted octanol–water partition coefficient (Wildman–Crippen LogP) is -0.828. The SMILES string of the molecule is BCNC(=O)C(C)(C)C(=O)OC(C)OC(C)=O. The van der Waals surface area contributed by atoms with Crippen molar-refractivity contribution in [3.8, 4) is 0 Å². The van der Waals surface area contributed by atoms with Gasteiger partial charge < -0.3 is 14.8 Å². The van der Waals surface area contributed by atoms with Gasteiger partial charge in [-0.25, -0.2) is 0 Å². The minimum Gasteiger partial charge on any atom is -0.426 e. The lowest BCUT2D eigenvalue weighted by Gasteiger charge is -2.23. The van der Waals surface area contributed by atoms with Gasteiger partial charge in [0.2, 0.25) is 12.2 Å². The summed E-state index contributed by atoms with van der Waals surface area (Å²) in [7, 11) is 1.75. The highest BCUT2D eigenvalue weighted by Crippen LogP contribution is 2.18. The fraction of sp³-hybridized carbons (Fsp3) is 0.700. The summed E-state index contributed by atoms with van der Waals surface area (Å²) in [6.07, 6.45) is -0.580. The van der Waals surface area contributed by atoms with Gasteiger partial charge in [0.15, 0.2) is 0 Å². The second-order valence-electron chi connectivity index (χ2n) is 4.07. The van der Waals surface area contributed by atoms with Crippen LogP contribution in [0.1, 0.15) is 27.7 Å². The molecule has 6 nitrogen and oxygen atoms in total. The molecule has 0 aliphatic carbocycles. The lowest BCUT2D eigenvalue weighted by molar-refractivity contribution is -0.190. The fourth-order valence-electron chi connectivity index (χ4n) is 1.03. The maximum atomic E-state index is 11.7. The van der Waals surface area contributed by atoms with E-state index in [1.807, 2.05) is 0 Å². The number of carbonyl (C=O) groups excluding carboxylic acids is 3. The van der Waals surface area contributed by atoms with Gasteiger partial charge in [-0.15, -0.1) is 0 Å². The van der Waals surface area contributed by atoms with Crippen LogP contribution in [0.4, 0.5) is 0 Å². The minimum atomic E-state index is -1.32. The van der Waals surface area contributed by atoms with Crippen LogP contribution in [0.5, 0.6) is 0 Å². The molecule has 0 aliphatic heterocycles. The van der Waals surface area contributed by atoms with Gasteiger partial charge in [-0.3, -0.25) is 14.4 Å². The van der Waals surface area contributed by atoms with E-state index in [1.54, 1.807) is 7.85 Å². The summed E-state index contributed by atoms with van der Waals surface area (Å²) in [6, 6.07) is 0. The van der Waals surface area contributed by atoms with E-state index in [2.05, 4.69) is 10.1 Å². The molecule has 0 heterocycles. The van der Waals surface area contributed by atoms with Crippen molar-refractivity contribution in [3.05, 3.63) is 0 Å². The number of carbonyl (C=O) groups is 3. The maximum Gasteiger partial charge on any atom is 0.324 e. The molecule has 0 saturated carbocycles. The number of ether oxygens (including phenoxy) is 2. The van der Waals surface area contributed by atoms with E-state index in [-0.39, 0.29) is 0 Å². The molecule has 0 aromatic carbocycles. The Labute approximate surface area is 101 Å². The van der Waals surface area contributed by atoms with Crippen molar-refractivity contribution >= 4 is 25.7 Å². The van der Waals surface area contributed by atoms with Crippen molar-refractivity contribution in [3.63, 3.8) is 0 Å². The maximum absolute atomic E-state index is 11.7. The molecule has 0 saturated heterocycles. The van der Waals surface area contributed by atoms with E-state index in [0.717, 1.165) is 0 Å². The molecule has 0 aromatic heterocycles. The first-order valence-corrected chi connectivity index (χ1v) is 5.38. The summed E-state index contributed by atoms with van der Waals surface area (Å²) in [5.41, 5.74) is -1.32. The molecule has 0 rings (SSSR count). The van der Waals surface area contributed by atoms with Crippen LogP contribution in [0.25, 0.3) is 0 Å². The number of esters is 2. The molecule has 96 valence electrons. The average molecular weight is 243 g/mol. The van der Waals surface area contributed by atoms with E-state index in [1.165, 1.54) is 27.7 Å². The van der Waals surface area contributed by atoms with Crippen LogP contribution in [0.15, 0.2) is 0 Å². The first-order valence-electron chi connectivity index (χ1n) is 5.38. The zero-order valence-corrected chi connectivity index (χ0v) is 10.8. The molecule has 0 fully saturated rings. The largest absolute Gasteiger partial charge is 0.426 e. The Hall–Kier alpha value is -1.53. The minimum absolute atomic E-state index is 0.426. The smallest absolute Gasteiger partial charge is 0.324 e. The Morgan fingerprint density at radius 3 is 2.24 bits per heavy atom. The van der Waals surface area contributed by atoms with Crippen molar-refractivity contribution in [1.82, 2.24) is 5.32 Å². The highest BCUT2D eigenvalue weighted by molar-refractivity contribution is 6.11. The van der Waals surface area contributed by atoms with Gasteiger partial charge in [0.05, 0.1) is 0 Å². The summed E-state index contributed by atoms with van der Waals surface area (Å²) in [4.78, 5) is 33.9. The summed E-state index contributed by atoms with van der Waals surface area (Å²) < 4.78 is 9.49. The second-order valence-corrected chi connectivity index (χ2v) is 4.07. The number of rotatable bonds is 5. The van der Waals surface area contributed by atoms with Crippen molar-refractivity contribution < 1.29 is 23.9 Å². The molecular formula is C10H18BNO5. The van der Waals surface area contributed by atoms with Gasteiger partial charge in [-0.1, -0.05) is 0 Å². The molecule has 7 heteroatoms. The summed E-state index contributed by atoms with van der Waals surface area (Å²) in [5, 5.41) is 2.53. The molecule has 1 atom stereocenters. The molecule has 0 aromatic rings. The van der Waals surface area contributed by atoms with Crippen molar-refractivity contribution in [1.29, 1.82) is 0 Å². The van der Waals surface area contributed by atoms with Gasteiger partial charge in [0.25, 0.3) is 0 Å². The summed E-state index contributed by atoms with van der Waals surface area (Å²) in [6.45, 7) is 5.51. The Morgan fingerprint density at radius 1 is 1.29 bits per heavy atom. The third kappa shape index (κ3) is 4.88. The Balaban J connectivity index is 4.48. The number of amides is 1. The monoisotopic (exact) mass is 243 g/mol. The van der Waals surface area contributed by atoms with Crippen LogP contribution in [0.2, 0.25) is 0 Å². The summed E-state index contributed by atoms with van der Waals surface area (Å²) >= 11 is 0. The molecule has 0 radical (unpaired) electrons. The van der Waals surface area contributed by atoms with Crippen molar-refractivity contribution in [2.75, 3.05) is 6.44 Å². The number of hydrogen-bond acceptors (Lipinski definition) is 5. The van der Waals surface area contributed by atoms with Crippen LogP contribution in [0, 0.1) is 5.41 Å². The molecule has 0 bridgehead atoms. The van der Waals surface area contributed by atoms with Crippen molar-refractivity contribution in [2.45, 2.75) is 34.0 Å². The van der Waals surface area contributed by atoms with E-state index in [4.69, 9.17) is 4.74 Å². The third-order valence-electron chi connectivity index (χ3n) is 2.02. The highest BCUT2D eigenvalue weighted by Gasteiger charge is 2.38. The molecule has 1 unspecified atom stereocenters. The standard InChI is InChI=1S/C10H18BNO5/c1-6(13)16-7(2)17-9(15)10(3,4)8(14)12-5-11/h7H,5,11H2,1-4H3,(H,12,14). The van der Waals surface area contributed by atoms with Gasteiger partial charge in [0.1, 0.15) is 13.3 Å².